The predicted octanol–water partition coefficient (Wildman–Crippen LogP) is 5.06. The first-order valence-electron chi connectivity index (χ1n) is 6.48. The van der Waals surface area contributed by atoms with Gasteiger partial charge in [-0.2, -0.15) is 13.2 Å². The summed E-state index contributed by atoms with van der Waals surface area (Å²) in [6, 6.07) is 7.63. The molecule has 20 heavy (non-hydrogen) atoms. The van der Waals surface area contributed by atoms with Crippen molar-refractivity contribution in [3.8, 4) is 0 Å². The Morgan fingerprint density at radius 3 is 2.45 bits per heavy atom. The zero-order valence-corrected chi connectivity index (χ0v) is 13.1. The van der Waals surface area contributed by atoms with Gasteiger partial charge >= 0.3 is 5.51 Å². The summed E-state index contributed by atoms with van der Waals surface area (Å²) >= 11 is 6.17. The summed E-state index contributed by atoms with van der Waals surface area (Å²) in [4.78, 5) is 0. The van der Waals surface area contributed by atoms with Crippen LogP contribution in [0.4, 0.5) is 13.2 Å². The third-order valence-electron chi connectivity index (χ3n) is 2.85. The van der Waals surface area contributed by atoms with Crippen LogP contribution >= 0.6 is 23.4 Å². The second kappa shape index (κ2) is 8.15. The zero-order valence-electron chi connectivity index (χ0n) is 11.5. The summed E-state index contributed by atoms with van der Waals surface area (Å²) in [5, 5.41) is 3.88. The highest BCUT2D eigenvalue weighted by atomic mass is 35.5. The third kappa shape index (κ3) is 6.86. The van der Waals surface area contributed by atoms with Gasteiger partial charge in [-0.15, -0.1) is 0 Å². The zero-order chi connectivity index (χ0) is 15.2. The van der Waals surface area contributed by atoms with E-state index in [-0.39, 0.29) is 29.5 Å². The smallest absolute Gasteiger partial charge is 0.314 e. The van der Waals surface area contributed by atoms with Crippen LogP contribution in [0.5, 0.6) is 0 Å². The van der Waals surface area contributed by atoms with Crippen molar-refractivity contribution in [2.24, 2.45) is 0 Å². The van der Waals surface area contributed by atoms with E-state index in [9.17, 15) is 13.2 Å². The van der Waals surface area contributed by atoms with Crippen molar-refractivity contribution in [1.29, 1.82) is 0 Å². The second-order valence-corrected chi connectivity index (χ2v) is 6.43. The van der Waals surface area contributed by atoms with Crippen molar-refractivity contribution in [3.63, 3.8) is 0 Å². The number of halogens is 4. The molecule has 1 aromatic carbocycles. The van der Waals surface area contributed by atoms with Crippen LogP contribution in [0.3, 0.4) is 0 Å². The van der Waals surface area contributed by atoms with Gasteiger partial charge in [0.2, 0.25) is 0 Å². The number of hydrogen-bond donors (Lipinski definition) is 1. The first-order valence-corrected chi connectivity index (χ1v) is 7.84. The van der Waals surface area contributed by atoms with Crippen molar-refractivity contribution in [2.45, 2.75) is 37.7 Å². The SMILES string of the molecule is CC(C)NCC(CCSC(F)(F)F)c1ccccc1Cl. The van der Waals surface area contributed by atoms with E-state index in [4.69, 9.17) is 11.6 Å². The fourth-order valence-corrected chi connectivity index (χ4v) is 2.79. The van der Waals surface area contributed by atoms with Gasteiger partial charge in [-0.25, -0.2) is 0 Å². The van der Waals surface area contributed by atoms with E-state index >= 15 is 0 Å². The average molecular weight is 326 g/mol. The maximum absolute atomic E-state index is 12.2. The van der Waals surface area contributed by atoms with Crippen LogP contribution in [0.25, 0.3) is 0 Å². The van der Waals surface area contributed by atoms with Gasteiger partial charge < -0.3 is 5.32 Å². The minimum Gasteiger partial charge on any atom is -0.314 e. The van der Waals surface area contributed by atoms with Gasteiger partial charge in [0.15, 0.2) is 0 Å². The van der Waals surface area contributed by atoms with Gasteiger partial charge in [-0.3, -0.25) is 0 Å². The first-order chi connectivity index (χ1) is 9.29. The van der Waals surface area contributed by atoms with Crippen molar-refractivity contribution in [2.75, 3.05) is 12.3 Å². The van der Waals surface area contributed by atoms with Crippen LogP contribution in [0.15, 0.2) is 24.3 Å². The Morgan fingerprint density at radius 2 is 1.90 bits per heavy atom. The molecule has 0 spiro atoms. The molecule has 0 aliphatic carbocycles. The number of alkyl halides is 3. The van der Waals surface area contributed by atoms with E-state index in [2.05, 4.69) is 5.32 Å². The first kappa shape index (κ1) is 17.7. The van der Waals surface area contributed by atoms with E-state index in [1.165, 1.54) is 0 Å². The fourth-order valence-electron chi connectivity index (χ4n) is 1.87. The Kier molecular flexibility index (Phi) is 7.20. The molecule has 1 unspecified atom stereocenters. The Morgan fingerprint density at radius 1 is 1.25 bits per heavy atom. The van der Waals surface area contributed by atoms with Crippen LogP contribution in [0, 0.1) is 0 Å². The third-order valence-corrected chi connectivity index (χ3v) is 3.96. The Balaban J connectivity index is 2.68. The molecule has 1 nitrogen and oxygen atoms in total. The molecule has 114 valence electrons. The van der Waals surface area contributed by atoms with Crippen LogP contribution in [0.1, 0.15) is 31.7 Å². The van der Waals surface area contributed by atoms with Crippen LogP contribution in [-0.2, 0) is 0 Å². The predicted molar refractivity (Wildman–Crippen MR) is 80.5 cm³/mol. The van der Waals surface area contributed by atoms with Crippen LogP contribution in [-0.4, -0.2) is 23.8 Å². The summed E-state index contributed by atoms with van der Waals surface area (Å²) in [6.07, 6.45) is 0.438. The lowest BCUT2D eigenvalue weighted by Gasteiger charge is -2.21. The maximum atomic E-state index is 12.2. The molecule has 0 heterocycles. The Bertz CT molecular complexity index is 410. The molecular formula is C14H19ClF3NS. The summed E-state index contributed by atoms with van der Waals surface area (Å²) in [5.74, 6) is 0.0278. The fraction of sp³-hybridized carbons (Fsp3) is 0.571. The molecule has 1 atom stereocenters. The number of hydrogen-bond acceptors (Lipinski definition) is 2. The highest BCUT2D eigenvalue weighted by Gasteiger charge is 2.28. The molecule has 0 saturated carbocycles. The number of nitrogens with one attached hydrogen (secondary N) is 1. The molecule has 0 amide bonds. The standard InChI is InChI=1S/C14H19ClF3NS/c1-10(2)19-9-11(7-8-20-14(16,17)18)12-5-3-4-6-13(12)15/h3-6,10-11,19H,7-9H2,1-2H3. The normalized spacial score (nSPS) is 13.8. The second-order valence-electron chi connectivity index (χ2n) is 4.86. The van der Waals surface area contributed by atoms with Gasteiger partial charge in [-0.05, 0) is 24.0 Å². The summed E-state index contributed by atoms with van der Waals surface area (Å²) in [7, 11) is 0. The summed E-state index contributed by atoms with van der Waals surface area (Å²) < 4.78 is 36.7. The lowest BCUT2D eigenvalue weighted by atomic mass is 9.96. The minimum atomic E-state index is -4.17. The largest absolute Gasteiger partial charge is 0.441 e. The Labute approximate surface area is 127 Å². The average Bonchev–Trinajstić information content (AvgIpc) is 2.33. The molecule has 0 aliphatic heterocycles. The molecule has 1 N–H and O–H groups in total. The molecular weight excluding hydrogens is 307 g/mol. The lowest BCUT2D eigenvalue weighted by molar-refractivity contribution is -0.0328. The topological polar surface area (TPSA) is 12.0 Å². The van der Waals surface area contributed by atoms with Gasteiger partial charge in [-0.1, -0.05) is 55.4 Å². The van der Waals surface area contributed by atoms with Crippen molar-refractivity contribution < 1.29 is 13.2 Å². The molecule has 0 aromatic heterocycles. The molecule has 1 aromatic rings. The van der Waals surface area contributed by atoms with Gasteiger partial charge in [0.05, 0.1) is 0 Å². The summed E-state index contributed by atoms with van der Waals surface area (Å²) in [5.41, 5.74) is -3.26. The van der Waals surface area contributed by atoms with Crippen molar-refractivity contribution in [3.05, 3.63) is 34.9 Å². The molecule has 0 saturated heterocycles. The van der Waals surface area contributed by atoms with Crippen molar-refractivity contribution >= 4 is 23.4 Å². The highest BCUT2D eigenvalue weighted by molar-refractivity contribution is 8.00. The quantitative estimate of drug-likeness (QED) is 0.751. The molecule has 0 fully saturated rings. The molecule has 1 rings (SSSR count). The lowest BCUT2D eigenvalue weighted by Crippen LogP contribution is -2.28. The molecule has 0 radical (unpaired) electrons. The summed E-state index contributed by atoms with van der Waals surface area (Å²) in [6.45, 7) is 4.64. The molecule has 0 aliphatic rings. The van der Waals surface area contributed by atoms with E-state index in [0.29, 0.717) is 18.0 Å². The number of benzene rings is 1. The monoisotopic (exact) mass is 325 g/mol. The number of rotatable bonds is 7. The molecule has 6 heteroatoms. The van der Waals surface area contributed by atoms with E-state index in [1.54, 1.807) is 6.07 Å². The molecule has 0 bridgehead atoms. The van der Waals surface area contributed by atoms with Gasteiger partial charge in [0.1, 0.15) is 0 Å². The van der Waals surface area contributed by atoms with E-state index < -0.39 is 5.51 Å². The van der Waals surface area contributed by atoms with E-state index in [0.717, 1.165) is 5.56 Å². The van der Waals surface area contributed by atoms with Gasteiger partial charge in [0, 0.05) is 23.4 Å². The van der Waals surface area contributed by atoms with Crippen molar-refractivity contribution in [1.82, 2.24) is 5.32 Å². The highest BCUT2D eigenvalue weighted by Crippen LogP contribution is 2.34. The van der Waals surface area contributed by atoms with E-state index in [1.807, 2.05) is 32.0 Å². The van der Waals surface area contributed by atoms with Crippen LogP contribution in [0.2, 0.25) is 5.02 Å². The van der Waals surface area contributed by atoms with Gasteiger partial charge in [0.25, 0.3) is 0 Å². The number of thioether (sulfide) groups is 1. The van der Waals surface area contributed by atoms with Crippen LogP contribution < -0.4 is 5.32 Å². The minimum absolute atomic E-state index is 0.0130. The maximum Gasteiger partial charge on any atom is 0.441 e. The Hall–Kier alpha value is -0.390.